The van der Waals surface area contributed by atoms with E-state index < -0.39 is 0 Å². The van der Waals surface area contributed by atoms with Gasteiger partial charge in [-0.25, -0.2) is 4.98 Å². The van der Waals surface area contributed by atoms with Gasteiger partial charge in [-0.15, -0.1) is 0 Å². The summed E-state index contributed by atoms with van der Waals surface area (Å²) in [6.45, 7) is 0. The van der Waals surface area contributed by atoms with Crippen molar-refractivity contribution in [3.8, 4) is 34.4 Å². The number of hydrogen-bond acceptors (Lipinski definition) is 4. The van der Waals surface area contributed by atoms with E-state index in [4.69, 9.17) is 19.4 Å². The lowest BCUT2D eigenvalue weighted by atomic mass is 10.0. The van der Waals surface area contributed by atoms with Crippen LogP contribution in [0.1, 0.15) is 0 Å². The Morgan fingerprint density at radius 2 is 0.952 bits per heavy atom. The van der Waals surface area contributed by atoms with Crippen LogP contribution in [0.5, 0.6) is 0 Å². The second-order valence-corrected chi connectivity index (χ2v) is 16.4. The largest absolute Gasteiger partial charge is 0.455 e. The Labute approximate surface area is 359 Å². The van der Waals surface area contributed by atoms with Crippen LogP contribution in [0.2, 0.25) is 0 Å². The molecule has 0 N–H and O–H groups in total. The second-order valence-electron chi connectivity index (χ2n) is 16.4. The van der Waals surface area contributed by atoms with Gasteiger partial charge in [-0.05, 0) is 86.9 Å². The molecule has 0 bridgehead atoms. The zero-order valence-corrected chi connectivity index (χ0v) is 33.7. The molecule has 14 rings (SSSR count). The molecular weight excluding hydrogens is 771 g/mol. The highest BCUT2D eigenvalue weighted by Crippen LogP contribution is 2.45. The number of rotatable bonds is 4. The van der Waals surface area contributed by atoms with Crippen molar-refractivity contribution in [3.63, 3.8) is 0 Å². The highest BCUT2D eigenvalue weighted by molar-refractivity contribution is 6.24. The second kappa shape index (κ2) is 12.9. The number of furan rings is 1. The van der Waals surface area contributed by atoms with Crippen molar-refractivity contribution in [2.24, 2.45) is 0 Å². The van der Waals surface area contributed by atoms with Gasteiger partial charge < -0.3 is 8.98 Å². The average molecular weight is 804 g/mol. The van der Waals surface area contributed by atoms with Gasteiger partial charge in [0, 0.05) is 37.9 Å². The van der Waals surface area contributed by atoms with E-state index in [2.05, 4.69) is 197 Å². The van der Waals surface area contributed by atoms with E-state index in [0.717, 1.165) is 82.2 Å². The van der Waals surface area contributed by atoms with E-state index in [-0.39, 0.29) is 0 Å². The van der Waals surface area contributed by atoms with E-state index in [1.165, 1.54) is 26.9 Å². The van der Waals surface area contributed by atoms with E-state index in [1.807, 2.05) is 12.1 Å². The molecule has 0 fully saturated rings. The minimum absolute atomic E-state index is 0.515. The van der Waals surface area contributed by atoms with Crippen LogP contribution >= 0.6 is 0 Å². The highest BCUT2D eigenvalue weighted by Gasteiger charge is 2.26. The molecule has 0 aliphatic carbocycles. The van der Waals surface area contributed by atoms with Crippen molar-refractivity contribution in [1.29, 1.82) is 0 Å². The first-order valence-electron chi connectivity index (χ1n) is 21.3. The fourth-order valence-electron chi connectivity index (χ4n) is 10.1. The van der Waals surface area contributed by atoms with Gasteiger partial charge in [0.2, 0.25) is 5.95 Å². The van der Waals surface area contributed by atoms with Crippen LogP contribution in [0, 0.1) is 0 Å². The van der Waals surface area contributed by atoms with Gasteiger partial charge >= 0.3 is 0 Å². The third kappa shape index (κ3) is 4.97. The summed E-state index contributed by atoms with van der Waals surface area (Å²) in [6, 6.07) is 70.9. The molecule has 10 aromatic carbocycles. The molecule has 0 amide bonds. The quantitative estimate of drug-likeness (QED) is 0.178. The van der Waals surface area contributed by atoms with Gasteiger partial charge in [-0.2, -0.15) is 9.97 Å². The van der Waals surface area contributed by atoms with Crippen LogP contribution in [0.25, 0.3) is 132 Å². The van der Waals surface area contributed by atoms with Crippen molar-refractivity contribution in [3.05, 3.63) is 200 Å². The Morgan fingerprint density at radius 3 is 1.73 bits per heavy atom. The van der Waals surface area contributed by atoms with Crippen LogP contribution in [0.4, 0.5) is 0 Å². The fourth-order valence-corrected chi connectivity index (χ4v) is 10.1. The number of fused-ring (bicyclic) bond motifs is 13. The monoisotopic (exact) mass is 803 g/mol. The Kier molecular flexibility index (Phi) is 7.02. The highest BCUT2D eigenvalue weighted by atomic mass is 16.3. The fraction of sp³-hybridized carbons (Fsp3) is 0. The molecular formula is C57H33N5O. The maximum atomic E-state index is 7.00. The summed E-state index contributed by atoms with van der Waals surface area (Å²) in [7, 11) is 0. The molecule has 63 heavy (non-hydrogen) atoms. The first-order valence-corrected chi connectivity index (χ1v) is 21.3. The molecule has 0 radical (unpaired) electrons. The Hall–Kier alpha value is -8.61. The van der Waals surface area contributed by atoms with Crippen molar-refractivity contribution in [2.75, 3.05) is 0 Å². The molecule has 0 atom stereocenters. The third-order valence-electron chi connectivity index (χ3n) is 12.9. The van der Waals surface area contributed by atoms with Crippen molar-refractivity contribution in [2.45, 2.75) is 0 Å². The summed E-state index contributed by atoms with van der Waals surface area (Å²) in [4.78, 5) is 16.4. The van der Waals surface area contributed by atoms with Crippen molar-refractivity contribution >= 4 is 97.9 Å². The molecule has 4 heterocycles. The number of benzene rings is 10. The van der Waals surface area contributed by atoms with Gasteiger partial charge in [0.15, 0.2) is 11.6 Å². The standard InChI is InChI=1S/C57H33N5O/c1-2-15-36-31-39(26-25-34(36)13-1)55-58-56(60-57(59-55)62-46-22-10-7-19-41(46)42-20-8-11-23-47(42)62)53-49(30-28-44-43-21-9-12-24-51(43)63-54(44)53)61-48-29-27-35-14-5-6-18-40(35)52(48)45-32-37-16-3-4-17-38(37)33-50(45)61/h1-33H. The Balaban J connectivity index is 1.16. The van der Waals surface area contributed by atoms with E-state index >= 15 is 0 Å². The molecule has 6 heteroatoms. The van der Waals surface area contributed by atoms with Gasteiger partial charge in [0.05, 0.1) is 33.3 Å². The summed E-state index contributed by atoms with van der Waals surface area (Å²) in [5.41, 5.74) is 8.32. The van der Waals surface area contributed by atoms with E-state index in [9.17, 15) is 0 Å². The number of hydrogen-bond donors (Lipinski definition) is 0. The van der Waals surface area contributed by atoms with E-state index in [1.54, 1.807) is 0 Å². The predicted octanol–water partition coefficient (Wildman–Crippen LogP) is 14.8. The van der Waals surface area contributed by atoms with Crippen LogP contribution in [-0.4, -0.2) is 24.1 Å². The average Bonchev–Trinajstić information content (AvgIpc) is 4.00. The molecule has 0 unspecified atom stereocenters. The molecule has 0 saturated heterocycles. The SMILES string of the molecule is c1ccc2cc(-c3nc(-c4c(-n5c6cc7ccccc7cc6c6c7ccccc7ccc65)ccc5c4oc4ccccc45)nc(-n4c5ccccc5c5ccccc54)n3)ccc2c1. The summed E-state index contributed by atoms with van der Waals surface area (Å²) in [5, 5.41) is 13.7. The first-order chi connectivity index (χ1) is 31.2. The lowest BCUT2D eigenvalue weighted by Gasteiger charge is -2.16. The van der Waals surface area contributed by atoms with Gasteiger partial charge in [-0.3, -0.25) is 4.57 Å². The molecule has 0 aliphatic heterocycles. The van der Waals surface area contributed by atoms with Crippen LogP contribution in [0.3, 0.4) is 0 Å². The van der Waals surface area contributed by atoms with Crippen LogP contribution in [-0.2, 0) is 0 Å². The van der Waals surface area contributed by atoms with Gasteiger partial charge in [0.1, 0.15) is 11.2 Å². The third-order valence-corrected chi connectivity index (χ3v) is 12.9. The van der Waals surface area contributed by atoms with Gasteiger partial charge in [-0.1, -0.05) is 146 Å². The first kappa shape index (κ1) is 34.1. The van der Waals surface area contributed by atoms with Crippen molar-refractivity contribution in [1.82, 2.24) is 24.1 Å². The number of para-hydroxylation sites is 3. The Bertz CT molecular complexity index is 4180. The summed E-state index contributed by atoms with van der Waals surface area (Å²) >= 11 is 0. The topological polar surface area (TPSA) is 61.7 Å². The summed E-state index contributed by atoms with van der Waals surface area (Å²) in [6.07, 6.45) is 0. The predicted molar refractivity (Wildman–Crippen MR) is 259 cm³/mol. The summed E-state index contributed by atoms with van der Waals surface area (Å²) in [5.74, 6) is 1.61. The van der Waals surface area contributed by atoms with Gasteiger partial charge in [0.25, 0.3) is 0 Å². The lowest BCUT2D eigenvalue weighted by Crippen LogP contribution is -2.08. The zero-order chi connectivity index (χ0) is 41.2. The lowest BCUT2D eigenvalue weighted by molar-refractivity contribution is 0.669. The molecule has 6 nitrogen and oxygen atoms in total. The number of nitrogens with zero attached hydrogens (tertiary/aromatic N) is 5. The molecule has 4 aromatic heterocycles. The maximum absolute atomic E-state index is 7.00. The van der Waals surface area contributed by atoms with Crippen LogP contribution in [0.15, 0.2) is 205 Å². The van der Waals surface area contributed by atoms with E-state index in [0.29, 0.717) is 23.2 Å². The minimum Gasteiger partial charge on any atom is -0.455 e. The molecule has 0 saturated carbocycles. The molecule has 0 spiro atoms. The number of aromatic nitrogens is 5. The minimum atomic E-state index is 0.515. The molecule has 14 aromatic rings. The molecule has 0 aliphatic rings. The zero-order valence-electron chi connectivity index (χ0n) is 33.7. The van der Waals surface area contributed by atoms with Crippen LogP contribution < -0.4 is 0 Å². The normalized spacial score (nSPS) is 12.1. The summed E-state index contributed by atoms with van der Waals surface area (Å²) < 4.78 is 11.6. The smallest absolute Gasteiger partial charge is 0.238 e. The Morgan fingerprint density at radius 1 is 0.349 bits per heavy atom. The van der Waals surface area contributed by atoms with Crippen molar-refractivity contribution < 1.29 is 4.42 Å². The maximum Gasteiger partial charge on any atom is 0.238 e. The molecule has 292 valence electrons.